The number of carboxylic acids is 1. The lowest BCUT2D eigenvalue weighted by molar-refractivity contribution is -0.138. The van der Waals surface area contributed by atoms with Gasteiger partial charge in [0.05, 0.1) is 0 Å². The van der Waals surface area contributed by atoms with Crippen LogP contribution in [-0.2, 0) is 4.79 Å². The van der Waals surface area contributed by atoms with Crippen molar-refractivity contribution < 1.29 is 9.90 Å². The molecule has 1 saturated heterocycles. The van der Waals surface area contributed by atoms with Crippen LogP contribution in [0, 0.1) is 5.92 Å². The van der Waals surface area contributed by atoms with Crippen molar-refractivity contribution in [2.75, 3.05) is 13.1 Å². The van der Waals surface area contributed by atoms with E-state index in [9.17, 15) is 4.79 Å². The van der Waals surface area contributed by atoms with Crippen LogP contribution in [-0.4, -0.2) is 35.1 Å². The van der Waals surface area contributed by atoms with Crippen LogP contribution in [0.5, 0.6) is 0 Å². The smallest absolute Gasteiger partial charge is 0.303 e. The largest absolute Gasteiger partial charge is 0.481 e. The average molecular weight is 185 g/mol. The van der Waals surface area contributed by atoms with E-state index in [0.29, 0.717) is 18.4 Å². The second-order valence-electron chi connectivity index (χ2n) is 3.97. The summed E-state index contributed by atoms with van der Waals surface area (Å²) in [6.07, 6.45) is 2.44. The number of carbonyl (C=O) groups is 1. The Morgan fingerprint density at radius 2 is 2.31 bits per heavy atom. The highest BCUT2D eigenvalue weighted by molar-refractivity contribution is 5.67. The van der Waals surface area contributed by atoms with Crippen molar-refractivity contribution in [3.8, 4) is 0 Å². The third-order valence-electron chi connectivity index (χ3n) is 2.99. The maximum Gasteiger partial charge on any atom is 0.303 e. The van der Waals surface area contributed by atoms with Crippen LogP contribution in [0.4, 0.5) is 0 Å². The van der Waals surface area contributed by atoms with E-state index in [4.69, 9.17) is 5.11 Å². The van der Waals surface area contributed by atoms with Gasteiger partial charge in [0.1, 0.15) is 0 Å². The van der Waals surface area contributed by atoms with Gasteiger partial charge in [-0.1, -0.05) is 6.92 Å². The number of likely N-dealkylation sites (tertiary alicyclic amines) is 1. The monoisotopic (exact) mass is 185 g/mol. The Hall–Kier alpha value is -0.570. The molecule has 1 rings (SSSR count). The molecule has 0 aromatic heterocycles. The van der Waals surface area contributed by atoms with Crippen molar-refractivity contribution in [3.63, 3.8) is 0 Å². The number of hydrogen-bond donors (Lipinski definition) is 1. The quantitative estimate of drug-likeness (QED) is 0.725. The molecule has 3 nitrogen and oxygen atoms in total. The van der Waals surface area contributed by atoms with E-state index >= 15 is 0 Å². The predicted octanol–water partition coefficient (Wildman–Crippen LogP) is 1.58. The lowest BCUT2D eigenvalue weighted by atomic mass is 9.89. The first-order chi connectivity index (χ1) is 6.13. The molecule has 1 aliphatic rings. The maximum atomic E-state index is 10.5. The highest BCUT2D eigenvalue weighted by Crippen LogP contribution is 2.24. The van der Waals surface area contributed by atoms with E-state index in [2.05, 4.69) is 18.7 Å². The van der Waals surface area contributed by atoms with Gasteiger partial charge >= 0.3 is 5.97 Å². The molecule has 1 heterocycles. The molecule has 0 aliphatic carbocycles. The summed E-state index contributed by atoms with van der Waals surface area (Å²) < 4.78 is 0. The predicted molar refractivity (Wildman–Crippen MR) is 51.7 cm³/mol. The molecule has 13 heavy (non-hydrogen) atoms. The number of rotatable bonds is 3. The van der Waals surface area contributed by atoms with Crippen LogP contribution in [0.3, 0.4) is 0 Å². The summed E-state index contributed by atoms with van der Waals surface area (Å²) in [5.41, 5.74) is 0. The summed E-state index contributed by atoms with van der Waals surface area (Å²) >= 11 is 0. The van der Waals surface area contributed by atoms with Crippen molar-refractivity contribution in [2.45, 2.75) is 39.2 Å². The van der Waals surface area contributed by atoms with Gasteiger partial charge in [0.25, 0.3) is 0 Å². The van der Waals surface area contributed by atoms with E-state index in [1.54, 1.807) is 0 Å². The summed E-state index contributed by atoms with van der Waals surface area (Å²) in [6, 6.07) is 0.558. The molecule has 1 fully saturated rings. The first-order valence-electron chi connectivity index (χ1n) is 5.09. The van der Waals surface area contributed by atoms with Gasteiger partial charge in [-0.25, -0.2) is 0 Å². The first kappa shape index (κ1) is 10.5. The van der Waals surface area contributed by atoms with Gasteiger partial charge in [0.2, 0.25) is 0 Å². The number of piperidine rings is 1. The standard InChI is InChI=1S/C10H19NO2/c1-3-11-5-4-9(6-8(11)2)7-10(12)13/h8-9H,3-7H2,1-2H3,(H,12,13). The molecule has 2 unspecified atom stereocenters. The molecule has 0 bridgehead atoms. The van der Waals surface area contributed by atoms with Gasteiger partial charge in [-0.05, 0) is 38.8 Å². The van der Waals surface area contributed by atoms with Gasteiger partial charge < -0.3 is 10.0 Å². The summed E-state index contributed by atoms with van der Waals surface area (Å²) in [4.78, 5) is 12.9. The van der Waals surface area contributed by atoms with Crippen molar-refractivity contribution in [2.24, 2.45) is 5.92 Å². The fourth-order valence-corrected chi connectivity index (χ4v) is 2.22. The third-order valence-corrected chi connectivity index (χ3v) is 2.99. The minimum atomic E-state index is -0.651. The van der Waals surface area contributed by atoms with E-state index < -0.39 is 5.97 Å². The number of nitrogens with zero attached hydrogens (tertiary/aromatic N) is 1. The molecule has 2 atom stereocenters. The Labute approximate surface area is 79.7 Å². The normalized spacial score (nSPS) is 30.3. The highest BCUT2D eigenvalue weighted by Gasteiger charge is 2.25. The molecule has 0 aromatic carbocycles. The molecule has 0 radical (unpaired) electrons. The lowest BCUT2D eigenvalue weighted by Crippen LogP contribution is -2.40. The minimum Gasteiger partial charge on any atom is -0.481 e. The second kappa shape index (κ2) is 4.61. The van der Waals surface area contributed by atoms with E-state index in [0.717, 1.165) is 25.9 Å². The Kier molecular flexibility index (Phi) is 3.72. The van der Waals surface area contributed by atoms with Gasteiger partial charge in [0, 0.05) is 12.5 Å². The maximum absolute atomic E-state index is 10.5. The van der Waals surface area contributed by atoms with Gasteiger partial charge in [-0.2, -0.15) is 0 Å². The topological polar surface area (TPSA) is 40.5 Å². The fourth-order valence-electron chi connectivity index (χ4n) is 2.22. The van der Waals surface area contributed by atoms with E-state index in [1.807, 2.05) is 0 Å². The first-order valence-corrected chi connectivity index (χ1v) is 5.09. The molecule has 0 saturated carbocycles. The number of aliphatic carboxylic acids is 1. The zero-order chi connectivity index (χ0) is 9.84. The summed E-state index contributed by atoms with van der Waals surface area (Å²) in [6.45, 7) is 6.50. The Balaban J connectivity index is 2.36. The summed E-state index contributed by atoms with van der Waals surface area (Å²) in [5.74, 6) is -0.252. The van der Waals surface area contributed by atoms with Gasteiger partial charge in [-0.3, -0.25) is 4.79 Å². The van der Waals surface area contributed by atoms with E-state index in [1.165, 1.54) is 0 Å². The second-order valence-corrected chi connectivity index (χ2v) is 3.97. The third kappa shape index (κ3) is 2.99. The molecular weight excluding hydrogens is 166 g/mol. The van der Waals surface area contributed by atoms with Crippen molar-refractivity contribution in [1.29, 1.82) is 0 Å². The van der Waals surface area contributed by atoms with Gasteiger partial charge in [-0.15, -0.1) is 0 Å². The summed E-state index contributed by atoms with van der Waals surface area (Å²) in [7, 11) is 0. The van der Waals surface area contributed by atoms with Crippen LogP contribution in [0.1, 0.15) is 33.1 Å². The fraction of sp³-hybridized carbons (Fsp3) is 0.900. The van der Waals surface area contributed by atoms with Crippen molar-refractivity contribution >= 4 is 5.97 Å². The molecule has 0 spiro atoms. The Morgan fingerprint density at radius 1 is 1.62 bits per heavy atom. The van der Waals surface area contributed by atoms with Gasteiger partial charge in [0.15, 0.2) is 0 Å². The highest BCUT2D eigenvalue weighted by atomic mass is 16.4. The summed E-state index contributed by atoms with van der Waals surface area (Å²) in [5, 5.41) is 8.66. The van der Waals surface area contributed by atoms with Crippen LogP contribution in [0.15, 0.2) is 0 Å². The van der Waals surface area contributed by atoms with Crippen LogP contribution in [0.2, 0.25) is 0 Å². The molecule has 0 amide bonds. The Morgan fingerprint density at radius 3 is 2.77 bits per heavy atom. The molecule has 76 valence electrons. The average Bonchev–Trinajstić information content (AvgIpc) is 2.03. The van der Waals surface area contributed by atoms with Crippen LogP contribution < -0.4 is 0 Å². The zero-order valence-corrected chi connectivity index (χ0v) is 8.49. The molecule has 1 N–H and O–H groups in total. The van der Waals surface area contributed by atoms with Crippen molar-refractivity contribution in [3.05, 3.63) is 0 Å². The number of hydrogen-bond acceptors (Lipinski definition) is 2. The molecule has 1 aliphatic heterocycles. The van der Waals surface area contributed by atoms with Crippen LogP contribution >= 0.6 is 0 Å². The SMILES string of the molecule is CCN1CCC(CC(=O)O)CC1C. The van der Waals surface area contributed by atoms with E-state index in [-0.39, 0.29) is 0 Å². The van der Waals surface area contributed by atoms with Crippen LogP contribution in [0.25, 0.3) is 0 Å². The molecular formula is C10H19NO2. The zero-order valence-electron chi connectivity index (χ0n) is 8.49. The Bertz CT molecular complexity index is 182. The molecule has 0 aromatic rings. The lowest BCUT2D eigenvalue weighted by Gasteiger charge is -2.36. The minimum absolute atomic E-state index is 0.349. The molecule has 3 heteroatoms. The number of carboxylic acid groups (broad SMARTS) is 1. The van der Waals surface area contributed by atoms with Crippen molar-refractivity contribution in [1.82, 2.24) is 4.90 Å².